The Morgan fingerprint density at radius 1 is 1.33 bits per heavy atom. The molecule has 1 heterocycles. The van der Waals surface area contributed by atoms with E-state index >= 15 is 0 Å². The highest BCUT2D eigenvalue weighted by atomic mass is 16.1. The van der Waals surface area contributed by atoms with Crippen molar-refractivity contribution < 1.29 is 4.79 Å². The van der Waals surface area contributed by atoms with Crippen molar-refractivity contribution in [3.63, 3.8) is 0 Å². The fourth-order valence-corrected chi connectivity index (χ4v) is 1.74. The van der Waals surface area contributed by atoms with E-state index in [2.05, 4.69) is 18.9 Å². The molecule has 3 nitrogen and oxygen atoms in total. The molecule has 0 N–H and O–H groups in total. The molecule has 0 aliphatic carbocycles. The molecule has 0 unspecified atom stereocenters. The smallest absolute Gasteiger partial charge is 0.180 e. The lowest BCUT2D eigenvalue weighted by atomic mass is 10.1. The first-order valence-corrected chi connectivity index (χ1v) is 5.09. The van der Waals surface area contributed by atoms with E-state index in [1.165, 1.54) is 0 Å². The molecule has 0 aliphatic heterocycles. The lowest BCUT2D eigenvalue weighted by molar-refractivity contribution is 0.101. The van der Waals surface area contributed by atoms with E-state index in [-0.39, 0.29) is 11.8 Å². The number of Topliss-reactive ketones (excluding diaryl/α,β-unsaturated/α-hetero) is 1. The number of carbonyl (C=O) groups is 1. The van der Waals surface area contributed by atoms with Crippen LogP contribution in [0.3, 0.4) is 0 Å². The van der Waals surface area contributed by atoms with Gasteiger partial charge >= 0.3 is 0 Å². The first-order valence-electron chi connectivity index (χ1n) is 5.09. The number of nitrogens with zero attached hydrogens (tertiary/aromatic N) is 2. The highest BCUT2D eigenvalue weighted by Crippen LogP contribution is 2.21. The van der Waals surface area contributed by atoms with Crippen molar-refractivity contribution in [3.05, 3.63) is 30.0 Å². The van der Waals surface area contributed by atoms with Crippen molar-refractivity contribution in [1.82, 2.24) is 9.78 Å². The van der Waals surface area contributed by atoms with E-state index in [0.717, 1.165) is 10.9 Å². The molecule has 2 aromatic rings. The van der Waals surface area contributed by atoms with Gasteiger partial charge in [-0.3, -0.25) is 9.48 Å². The molecule has 78 valence electrons. The first kappa shape index (κ1) is 9.90. The van der Waals surface area contributed by atoms with Crippen LogP contribution in [0.1, 0.15) is 37.3 Å². The number of hydrogen-bond acceptors (Lipinski definition) is 2. The first-order chi connectivity index (χ1) is 7.11. The van der Waals surface area contributed by atoms with Gasteiger partial charge in [-0.15, -0.1) is 0 Å². The van der Waals surface area contributed by atoms with Gasteiger partial charge in [0, 0.05) is 18.4 Å². The van der Waals surface area contributed by atoms with E-state index in [0.29, 0.717) is 5.69 Å². The Balaban J connectivity index is 2.79. The van der Waals surface area contributed by atoms with Gasteiger partial charge in [-0.05, 0) is 19.9 Å². The molecule has 0 fully saturated rings. The number of benzene rings is 1. The molecule has 0 spiro atoms. The quantitative estimate of drug-likeness (QED) is 0.702. The summed E-state index contributed by atoms with van der Waals surface area (Å²) in [5, 5.41) is 5.30. The summed E-state index contributed by atoms with van der Waals surface area (Å²) in [6, 6.07) is 8.10. The zero-order valence-electron chi connectivity index (χ0n) is 9.19. The Hall–Kier alpha value is -1.64. The average molecular weight is 202 g/mol. The van der Waals surface area contributed by atoms with Crippen molar-refractivity contribution in [1.29, 1.82) is 0 Å². The van der Waals surface area contributed by atoms with Gasteiger partial charge in [0.1, 0.15) is 5.69 Å². The van der Waals surface area contributed by atoms with Crippen LogP contribution >= 0.6 is 0 Å². The second-order valence-electron chi connectivity index (χ2n) is 3.96. The van der Waals surface area contributed by atoms with Crippen LogP contribution in [0.15, 0.2) is 24.3 Å². The van der Waals surface area contributed by atoms with Gasteiger partial charge in [-0.25, -0.2) is 0 Å². The summed E-state index contributed by atoms with van der Waals surface area (Å²) in [6.45, 7) is 5.67. The van der Waals surface area contributed by atoms with Crippen molar-refractivity contribution >= 4 is 16.7 Å². The van der Waals surface area contributed by atoms with Crippen LogP contribution in [-0.4, -0.2) is 15.6 Å². The van der Waals surface area contributed by atoms with Gasteiger partial charge in [0.25, 0.3) is 0 Å². The van der Waals surface area contributed by atoms with E-state index in [9.17, 15) is 4.79 Å². The second kappa shape index (κ2) is 3.50. The largest absolute Gasteiger partial charge is 0.293 e. The number of aromatic nitrogens is 2. The van der Waals surface area contributed by atoms with Gasteiger partial charge in [-0.2, -0.15) is 5.10 Å². The molecule has 2 rings (SSSR count). The van der Waals surface area contributed by atoms with Crippen LogP contribution in [0.2, 0.25) is 0 Å². The minimum absolute atomic E-state index is 0.0191. The zero-order valence-corrected chi connectivity index (χ0v) is 9.19. The molecule has 0 atom stereocenters. The van der Waals surface area contributed by atoms with E-state index in [1.807, 2.05) is 28.9 Å². The molecular weight excluding hydrogens is 188 g/mol. The predicted molar refractivity (Wildman–Crippen MR) is 60.1 cm³/mol. The third-order valence-corrected chi connectivity index (χ3v) is 2.44. The highest BCUT2D eigenvalue weighted by molar-refractivity contribution is 6.04. The van der Waals surface area contributed by atoms with Gasteiger partial charge in [-0.1, -0.05) is 18.2 Å². The van der Waals surface area contributed by atoms with Crippen LogP contribution in [0.25, 0.3) is 10.9 Å². The normalized spacial score (nSPS) is 11.2. The van der Waals surface area contributed by atoms with E-state index in [1.54, 1.807) is 6.92 Å². The summed E-state index contributed by atoms with van der Waals surface area (Å²) in [4.78, 5) is 11.4. The number of fused-ring (bicyclic) bond motifs is 1. The molecule has 15 heavy (non-hydrogen) atoms. The van der Waals surface area contributed by atoms with E-state index < -0.39 is 0 Å². The summed E-state index contributed by atoms with van der Waals surface area (Å²) in [5.41, 5.74) is 1.59. The zero-order chi connectivity index (χ0) is 11.0. The maximum absolute atomic E-state index is 11.4. The van der Waals surface area contributed by atoms with Crippen LogP contribution in [0.5, 0.6) is 0 Å². The topological polar surface area (TPSA) is 34.9 Å². The Labute approximate surface area is 88.7 Å². The van der Waals surface area contributed by atoms with Crippen molar-refractivity contribution in [2.45, 2.75) is 26.8 Å². The van der Waals surface area contributed by atoms with Gasteiger partial charge in [0.05, 0.1) is 5.52 Å². The Bertz CT molecular complexity index is 511. The summed E-state index contributed by atoms with van der Waals surface area (Å²) in [6.07, 6.45) is 0. The van der Waals surface area contributed by atoms with Gasteiger partial charge in [0.15, 0.2) is 5.78 Å². The van der Waals surface area contributed by atoms with Crippen molar-refractivity contribution in [3.8, 4) is 0 Å². The number of carbonyl (C=O) groups excluding carboxylic acids is 1. The van der Waals surface area contributed by atoms with Crippen LogP contribution in [-0.2, 0) is 0 Å². The summed E-state index contributed by atoms with van der Waals surface area (Å²) < 4.78 is 1.89. The maximum atomic E-state index is 11.4. The molecular formula is C12H14N2O. The predicted octanol–water partition coefficient (Wildman–Crippen LogP) is 2.82. The monoisotopic (exact) mass is 202 g/mol. The fourth-order valence-electron chi connectivity index (χ4n) is 1.74. The number of hydrogen-bond donors (Lipinski definition) is 0. The molecule has 0 saturated carbocycles. The number of para-hydroxylation sites is 1. The van der Waals surface area contributed by atoms with Crippen LogP contribution in [0.4, 0.5) is 0 Å². The third-order valence-electron chi connectivity index (χ3n) is 2.44. The number of rotatable bonds is 2. The summed E-state index contributed by atoms with van der Waals surface area (Å²) in [5.74, 6) is 0.0191. The third kappa shape index (κ3) is 1.54. The summed E-state index contributed by atoms with van der Waals surface area (Å²) >= 11 is 0. The maximum Gasteiger partial charge on any atom is 0.180 e. The Morgan fingerprint density at radius 3 is 2.60 bits per heavy atom. The van der Waals surface area contributed by atoms with Gasteiger partial charge < -0.3 is 0 Å². The van der Waals surface area contributed by atoms with Gasteiger partial charge in [0.2, 0.25) is 0 Å². The Kier molecular flexibility index (Phi) is 2.31. The lowest BCUT2D eigenvalue weighted by Crippen LogP contribution is -2.04. The fraction of sp³-hybridized carbons (Fsp3) is 0.333. The highest BCUT2D eigenvalue weighted by Gasteiger charge is 2.14. The average Bonchev–Trinajstić information content (AvgIpc) is 2.56. The summed E-state index contributed by atoms with van der Waals surface area (Å²) in [7, 11) is 0. The van der Waals surface area contributed by atoms with Crippen LogP contribution in [0, 0.1) is 0 Å². The molecule has 1 aromatic heterocycles. The molecule has 0 bridgehead atoms. The molecule has 0 aliphatic rings. The molecule has 0 saturated heterocycles. The van der Waals surface area contributed by atoms with Crippen molar-refractivity contribution in [2.75, 3.05) is 0 Å². The minimum Gasteiger partial charge on any atom is -0.293 e. The SMILES string of the molecule is CC(=O)c1nn(C(C)C)c2ccccc12. The second-order valence-corrected chi connectivity index (χ2v) is 3.96. The van der Waals surface area contributed by atoms with Crippen LogP contribution < -0.4 is 0 Å². The molecule has 0 radical (unpaired) electrons. The Morgan fingerprint density at radius 2 is 2.00 bits per heavy atom. The lowest BCUT2D eigenvalue weighted by Gasteiger charge is -2.05. The molecule has 0 amide bonds. The molecule has 3 heteroatoms. The van der Waals surface area contributed by atoms with E-state index in [4.69, 9.17) is 0 Å². The number of ketones is 1. The van der Waals surface area contributed by atoms with Crippen molar-refractivity contribution in [2.24, 2.45) is 0 Å². The standard InChI is InChI=1S/C12H14N2O/c1-8(2)14-11-7-5-4-6-10(11)12(13-14)9(3)15/h4-8H,1-3H3. The minimum atomic E-state index is 0.0191. The molecule has 1 aromatic carbocycles.